The van der Waals surface area contributed by atoms with E-state index >= 15 is 0 Å². The fourth-order valence-electron chi connectivity index (χ4n) is 1.42. The van der Waals surface area contributed by atoms with Crippen LogP contribution in [0.2, 0.25) is 0 Å². The van der Waals surface area contributed by atoms with Gasteiger partial charge in [-0.2, -0.15) is 0 Å². The zero-order valence-corrected chi connectivity index (χ0v) is 12.0. The van der Waals surface area contributed by atoms with Gasteiger partial charge in [0.2, 0.25) is 5.91 Å². The van der Waals surface area contributed by atoms with Gasteiger partial charge < -0.3 is 11.1 Å². The van der Waals surface area contributed by atoms with E-state index in [9.17, 15) is 4.79 Å². The van der Waals surface area contributed by atoms with Gasteiger partial charge in [-0.1, -0.05) is 35.0 Å². The van der Waals surface area contributed by atoms with E-state index in [4.69, 9.17) is 5.73 Å². The van der Waals surface area contributed by atoms with Crippen molar-refractivity contribution in [3.8, 4) is 0 Å². The van der Waals surface area contributed by atoms with Crippen LogP contribution >= 0.6 is 15.9 Å². The Morgan fingerprint density at radius 1 is 1.24 bits per heavy atom. The van der Waals surface area contributed by atoms with Gasteiger partial charge >= 0.3 is 0 Å². The van der Waals surface area contributed by atoms with E-state index in [2.05, 4.69) is 21.2 Å². The van der Waals surface area contributed by atoms with Gasteiger partial charge in [0.15, 0.2) is 0 Å². The quantitative estimate of drug-likeness (QED) is 0.898. The SMILES string of the molecule is CC(N)C(C)C(=O)N[C@@H](C)c1ccc(Br)cc1. The molecule has 0 saturated heterocycles. The number of carbonyl (C=O) groups is 1. The largest absolute Gasteiger partial charge is 0.349 e. The van der Waals surface area contributed by atoms with Crippen molar-refractivity contribution in [1.29, 1.82) is 0 Å². The highest BCUT2D eigenvalue weighted by Gasteiger charge is 2.19. The summed E-state index contributed by atoms with van der Waals surface area (Å²) in [5.74, 6) is -0.177. The van der Waals surface area contributed by atoms with Crippen molar-refractivity contribution in [3.63, 3.8) is 0 Å². The topological polar surface area (TPSA) is 55.1 Å². The van der Waals surface area contributed by atoms with Crippen molar-refractivity contribution in [3.05, 3.63) is 34.3 Å². The van der Waals surface area contributed by atoms with Crippen LogP contribution in [0.3, 0.4) is 0 Å². The Labute approximate surface area is 111 Å². The van der Waals surface area contributed by atoms with Crippen molar-refractivity contribution in [2.75, 3.05) is 0 Å². The summed E-state index contributed by atoms with van der Waals surface area (Å²) < 4.78 is 1.03. The van der Waals surface area contributed by atoms with Gasteiger partial charge in [0.05, 0.1) is 6.04 Å². The van der Waals surface area contributed by atoms with Crippen molar-refractivity contribution in [2.24, 2.45) is 11.7 Å². The maximum absolute atomic E-state index is 11.8. The van der Waals surface area contributed by atoms with Crippen LogP contribution in [0.1, 0.15) is 32.4 Å². The lowest BCUT2D eigenvalue weighted by Crippen LogP contribution is -2.39. The highest BCUT2D eigenvalue weighted by molar-refractivity contribution is 9.10. The summed E-state index contributed by atoms with van der Waals surface area (Å²) in [5.41, 5.74) is 6.79. The molecular formula is C13H19BrN2O. The fourth-order valence-corrected chi connectivity index (χ4v) is 1.68. The van der Waals surface area contributed by atoms with Crippen LogP contribution in [0.15, 0.2) is 28.7 Å². The first-order chi connectivity index (χ1) is 7.91. The Bertz CT molecular complexity index is 376. The van der Waals surface area contributed by atoms with Crippen LogP contribution in [0.25, 0.3) is 0 Å². The molecule has 3 atom stereocenters. The molecule has 3 nitrogen and oxygen atoms in total. The molecule has 0 bridgehead atoms. The molecule has 2 unspecified atom stereocenters. The summed E-state index contributed by atoms with van der Waals surface area (Å²) >= 11 is 3.38. The highest BCUT2D eigenvalue weighted by Crippen LogP contribution is 2.17. The van der Waals surface area contributed by atoms with Gasteiger partial charge in [0.25, 0.3) is 0 Å². The van der Waals surface area contributed by atoms with Gasteiger partial charge in [-0.15, -0.1) is 0 Å². The lowest BCUT2D eigenvalue weighted by molar-refractivity contribution is -0.125. The molecule has 0 radical (unpaired) electrons. The average Bonchev–Trinajstić information content (AvgIpc) is 2.28. The summed E-state index contributed by atoms with van der Waals surface area (Å²) in [6.07, 6.45) is 0. The number of carbonyl (C=O) groups excluding carboxylic acids is 1. The zero-order valence-electron chi connectivity index (χ0n) is 10.4. The Hall–Kier alpha value is -0.870. The maximum atomic E-state index is 11.8. The molecule has 1 aromatic rings. The second-order valence-electron chi connectivity index (χ2n) is 4.43. The molecule has 94 valence electrons. The number of rotatable bonds is 4. The molecule has 0 aliphatic rings. The van der Waals surface area contributed by atoms with E-state index in [0.29, 0.717) is 0 Å². The number of benzene rings is 1. The first-order valence-electron chi connectivity index (χ1n) is 5.73. The summed E-state index contributed by atoms with van der Waals surface area (Å²) in [6.45, 7) is 5.65. The van der Waals surface area contributed by atoms with Gasteiger partial charge in [-0.25, -0.2) is 0 Å². The first-order valence-corrected chi connectivity index (χ1v) is 6.52. The summed E-state index contributed by atoms with van der Waals surface area (Å²) in [4.78, 5) is 11.8. The Morgan fingerprint density at radius 2 is 1.76 bits per heavy atom. The van der Waals surface area contributed by atoms with Gasteiger partial charge in [0, 0.05) is 16.4 Å². The predicted molar refractivity (Wildman–Crippen MR) is 73.5 cm³/mol. The minimum Gasteiger partial charge on any atom is -0.349 e. The number of halogens is 1. The van der Waals surface area contributed by atoms with Crippen LogP contribution in [0.5, 0.6) is 0 Å². The normalized spacial score (nSPS) is 16.1. The van der Waals surface area contributed by atoms with E-state index in [1.165, 1.54) is 0 Å². The monoisotopic (exact) mass is 298 g/mol. The van der Waals surface area contributed by atoms with Gasteiger partial charge in [-0.05, 0) is 31.5 Å². The minimum absolute atomic E-state index is 0.00296. The van der Waals surface area contributed by atoms with Crippen molar-refractivity contribution >= 4 is 21.8 Å². The number of amides is 1. The number of hydrogen-bond acceptors (Lipinski definition) is 2. The van der Waals surface area contributed by atoms with E-state index in [1.54, 1.807) is 0 Å². The summed E-state index contributed by atoms with van der Waals surface area (Å²) in [7, 11) is 0. The standard InChI is InChI=1S/C13H19BrN2O/c1-8(9(2)15)13(17)16-10(3)11-4-6-12(14)7-5-11/h4-10H,15H2,1-3H3,(H,16,17)/t8?,9?,10-/m0/s1. The molecular weight excluding hydrogens is 280 g/mol. The predicted octanol–water partition coefficient (Wildman–Crippen LogP) is 2.61. The van der Waals surface area contributed by atoms with Crippen LogP contribution in [0.4, 0.5) is 0 Å². The molecule has 1 rings (SSSR count). The molecule has 4 heteroatoms. The van der Waals surface area contributed by atoms with Gasteiger partial charge in [0.1, 0.15) is 0 Å². The molecule has 1 aromatic carbocycles. The lowest BCUT2D eigenvalue weighted by atomic mass is 10.0. The molecule has 0 aliphatic carbocycles. The van der Waals surface area contributed by atoms with Crippen LogP contribution in [-0.2, 0) is 4.79 Å². The van der Waals surface area contributed by atoms with Crippen molar-refractivity contribution in [1.82, 2.24) is 5.32 Å². The van der Waals surface area contributed by atoms with E-state index in [0.717, 1.165) is 10.0 Å². The van der Waals surface area contributed by atoms with Crippen LogP contribution in [0, 0.1) is 5.92 Å². The molecule has 0 spiro atoms. The van der Waals surface area contributed by atoms with Crippen molar-refractivity contribution < 1.29 is 4.79 Å². The highest BCUT2D eigenvalue weighted by atomic mass is 79.9. The molecule has 1 amide bonds. The first kappa shape index (κ1) is 14.2. The second kappa shape index (κ2) is 6.17. The lowest BCUT2D eigenvalue weighted by Gasteiger charge is -2.20. The molecule has 0 saturated carbocycles. The fraction of sp³-hybridized carbons (Fsp3) is 0.462. The molecule has 17 heavy (non-hydrogen) atoms. The second-order valence-corrected chi connectivity index (χ2v) is 5.35. The van der Waals surface area contributed by atoms with E-state index in [1.807, 2.05) is 45.0 Å². The van der Waals surface area contributed by atoms with Crippen molar-refractivity contribution in [2.45, 2.75) is 32.9 Å². The molecule has 0 heterocycles. The number of nitrogens with two attached hydrogens (primary N) is 1. The van der Waals surface area contributed by atoms with E-state index in [-0.39, 0.29) is 23.9 Å². The third-order valence-electron chi connectivity index (χ3n) is 2.93. The zero-order chi connectivity index (χ0) is 13.0. The van der Waals surface area contributed by atoms with Crippen LogP contribution in [-0.4, -0.2) is 11.9 Å². The Morgan fingerprint density at radius 3 is 2.24 bits per heavy atom. The molecule has 0 fully saturated rings. The number of nitrogens with one attached hydrogen (secondary N) is 1. The number of hydrogen-bond donors (Lipinski definition) is 2. The third-order valence-corrected chi connectivity index (χ3v) is 3.46. The molecule has 3 N–H and O–H groups in total. The van der Waals surface area contributed by atoms with E-state index < -0.39 is 0 Å². The summed E-state index contributed by atoms with van der Waals surface area (Å²) in [5, 5.41) is 2.96. The van der Waals surface area contributed by atoms with Crippen LogP contribution < -0.4 is 11.1 Å². The maximum Gasteiger partial charge on any atom is 0.224 e. The Balaban J connectivity index is 2.63. The third kappa shape index (κ3) is 4.13. The Kier molecular flexibility index (Phi) is 5.15. The minimum atomic E-state index is -0.173. The average molecular weight is 299 g/mol. The van der Waals surface area contributed by atoms with Gasteiger partial charge in [-0.3, -0.25) is 4.79 Å². The molecule has 0 aromatic heterocycles. The summed E-state index contributed by atoms with van der Waals surface area (Å²) in [6, 6.07) is 7.78. The smallest absolute Gasteiger partial charge is 0.224 e. The molecule has 0 aliphatic heterocycles.